The third-order valence-corrected chi connectivity index (χ3v) is 3.35. The summed E-state index contributed by atoms with van der Waals surface area (Å²) in [7, 11) is 1.83. The molecule has 2 rings (SSSR count). The molecule has 0 aliphatic rings. The number of benzene rings is 1. The van der Waals surface area contributed by atoms with Gasteiger partial charge in [-0.2, -0.15) is 0 Å². The lowest BCUT2D eigenvalue weighted by Gasteiger charge is -2.13. The number of anilines is 1. The first kappa shape index (κ1) is 12.3. The molecule has 1 aromatic carbocycles. The number of rotatable bonds is 2. The Bertz CT molecular complexity index is 567. The van der Waals surface area contributed by atoms with Crippen LogP contribution < -0.4 is 5.32 Å². The normalized spacial score (nSPS) is 11.2. The molecule has 17 heavy (non-hydrogen) atoms. The summed E-state index contributed by atoms with van der Waals surface area (Å²) < 4.78 is 13.9. The smallest absolute Gasteiger partial charge is 0.139 e. The molecule has 2 nitrogen and oxygen atoms in total. The average molecular weight is 297 g/mol. The van der Waals surface area contributed by atoms with Crippen molar-refractivity contribution in [3.05, 3.63) is 34.1 Å². The zero-order chi connectivity index (χ0) is 12.6. The number of halogens is 2. The first-order valence-electron chi connectivity index (χ1n) is 5.50. The molecule has 0 aliphatic heterocycles. The molecule has 1 N–H and O–H groups in total. The standard InChI is InChI=1S/C13H14BrFN2/c1-7(2)9-4-8-5-10(14)11(15)6-12(8)17-13(9)16-3/h4-7H,1-3H3,(H,16,17). The van der Waals surface area contributed by atoms with Crippen molar-refractivity contribution in [3.63, 3.8) is 0 Å². The Labute approximate surface area is 108 Å². The Kier molecular flexibility index (Phi) is 3.33. The summed E-state index contributed by atoms with van der Waals surface area (Å²) in [5.41, 5.74) is 1.80. The van der Waals surface area contributed by atoms with E-state index >= 15 is 0 Å². The van der Waals surface area contributed by atoms with Crippen molar-refractivity contribution in [3.8, 4) is 0 Å². The number of pyridine rings is 1. The van der Waals surface area contributed by atoms with Crippen LogP contribution in [0.3, 0.4) is 0 Å². The van der Waals surface area contributed by atoms with E-state index in [1.807, 2.05) is 7.05 Å². The maximum Gasteiger partial charge on any atom is 0.139 e. The van der Waals surface area contributed by atoms with Gasteiger partial charge in [-0.05, 0) is 39.5 Å². The lowest BCUT2D eigenvalue weighted by atomic mass is 10.0. The minimum absolute atomic E-state index is 0.288. The van der Waals surface area contributed by atoms with Gasteiger partial charge >= 0.3 is 0 Å². The molecule has 0 saturated heterocycles. The lowest BCUT2D eigenvalue weighted by molar-refractivity contribution is 0.623. The van der Waals surface area contributed by atoms with Crippen LogP contribution >= 0.6 is 15.9 Å². The average Bonchev–Trinajstić information content (AvgIpc) is 2.29. The van der Waals surface area contributed by atoms with E-state index in [2.05, 4.69) is 46.1 Å². The van der Waals surface area contributed by atoms with Gasteiger partial charge in [0.2, 0.25) is 0 Å². The van der Waals surface area contributed by atoms with E-state index in [0.717, 1.165) is 16.8 Å². The predicted octanol–water partition coefficient (Wildman–Crippen LogP) is 4.30. The summed E-state index contributed by atoms with van der Waals surface area (Å²) >= 11 is 3.20. The fraction of sp³-hybridized carbons (Fsp3) is 0.308. The molecule has 0 bridgehead atoms. The van der Waals surface area contributed by atoms with Crippen molar-refractivity contribution in [2.45, 2.75) is 19.8 Å². The molecule has 0 aliphatic carbocycles. The van der Waals surface area contributed by atoms with Crippen LogP contribution in [0.1, 0.15) is 25.3 Å². The van der Waals surface area contributed by atoms with Crippen LogP contribution in [0.15, 0.2) is 22.7 Å². The Hall–Kier alpha value is -1.16. The van der Waals surface area contributed by atoms with Crippen molar-refractivity contribution in [2.24, 2.45) is 0 Å². The van der Waals surface area contributed by atoms with Crippen LogP contribution in [0.2, 0.25) is 0 Å². The molecule has 90 valence electrons. The van der Waals surface area contributed by atoms with E-state index in [0.29, 0.717) is 15.9 Å². The summed E-state index contributed by atoms with van der Waals surface area (Å²) in [5.74, 6) is 0.900. The summed E-state index contributed by atoms with van der Waals surface area (Å²) in [6.07, 6.45) is 0. The molecule has 0 atom stereocenters. The second kappa shape index (κ2) is 4.61. The third-order valence-electron chi connectivity index (χ3n) is 2.75. The first-order chi connectivity index (χ1) is 8.02. The monoisotopic (exact) mass is 296 g/mol. The Morgan fingerprint density at radius 3 is 2.59 bits per heavy atom. The van der Waals surface area contributed by atoms with Gasteiger partial charge in [0, 0.05) is 18.5 Å². The molecular formula is C13H14BrFN2. The van der Waals surface area contributed by atoms with E-state index in [9.17, 15) is 4.39 Å². The highest BCUT2D eigenvalue weighted by atomic mass is 79.9. The van der Waals surface area contributed by atoms with Crippen molar-refractivity contribution >= 4 is 32.7 Å². The van der Waals surface area contributed by atoms with Crippen LogP contribution in [0.4, 0.5) is 10.2 Å². The molecule has 0 radical (unpaired) electrons. The zero-order valence-electron chi connectivity index (χ0n) is 10.0. The quantitative estimate of drug-likeness (QED) is 0.894. The third kappa shape index (κ3) is 2.27. The minimum Gasteiger partial charge on any atom is -0.373 e. The van der Waals surface area contributed by atoms with Crippen molar-refractivity contribution < 1.29 is 4.39 Å². The summed E-state index contributed by atoms with van der Waals surface area (Å²) in [4.78, 5) is 4.44. The van der Waals surface area contributed by atoms with Crippen LogP contribution in [0.5, 0.6) is 0 Å². The maximum absolute atomic E-state index is 13.4. The van der Waals surface area contributed by atoms with E-state index < -0.39 is 0 Å². The Balaban J connectivity index is 2.74. The molecule has 4 heteroatoms. The van der Waals surface area contributed by atoms with Crippen LogP contribution in [0, 0.1) is 5.82 Å². The SMILES string of the molecule is CNc1nc2cc(F)c(Br)cc2cc1C(C)C. The lowest BCUT2D eigenvalue weighted by Crippen LogP contribution is -2.01. The fourth-order valence-corrected chi connectivity index (χ4v) is 2.19. The van der Waals surface area contributed by atoms with Gasteiger partial charge in [0.15, 0.2) is 0 Å². The molecule has 0 saturated carbocycles. The van der Waals surface area contributed by atoms with E-state index in [1.165, 1.54) is 6.07 Å². The first-order valence-corrected chi connectivity index (χ1v) is 6.29. The Morgan fingerprint density at radius 1 is 1.29 bits per heavy atom. The van der Waals surface area contributed by atoms with Gasteiger partial charge in [-0.25, -0.2) is 9.37 Å². The second-order valence-electron chi connectivity index (χ2n) is 4.29. The van der Waals surface area contributed by atoms with Gasteiger partial charge < -0.3 is 5.32 Å². The summed E-state index contributed by atoms with van der Waals surface area (Å²) in [6, 6.07) is 5.27. The van der Waals surface area contributed by atoms with E-state index in [-0.39, 0.29) is 5.82 Å². The molecule has 1 aromatic heterocycles. The predicted molar refractivity (Wildman–Crippen MR) is 73.0 cm³/mol. The van der Waals surface area contributed by atoms with Crippen LogP contribution in [-0.4, -0.2) is 12.0 Å². The van der Waals surface area contributed by atoms with Gasteiger partial charge in [-0.15, -0.1) is 0 Å². The van der Waals surface area contributed by atoms with Gasteiger partial charge in [-0.1, -0.05) is 13.8 Å². The van der Waals surface area contributed by atoms with Gasteiger partial charge in [-0.3, -0.25) is 0 Å². The molecule has 0 unspecified atom stereocenters. The number of nitrogens with zero attached hydrogens (tertiary/aromatic N) is 1. The molecule has 0 fully saturated rings. The molecule has 2 aromatic rings. The highest BCUT2D eigenvalue weighted by Crippen LogP contribution is 2.29. The van der Waals surface area contributed by atoms with Gasteiger partial charge in [0.25, 0.3) is 0 Å². The zero-order valence-corrected chi connectivity index (χ0v) is 11.6. The molecule has 0 spiro atoms. The fourth-order valence-electron chi connectivity index (χ4n) is 1.83. The number of aromatic nitrogens is 1. The highest BCUT2D eigenvalue weighted by Gasteiger charge is 2.11. The van der Waals surface area contributed by atoms with Gasteiger partial charge in [0.05, 0.1) is 9.99 Å². The van der Waals surface area contributed by atoms with Crippen LogP contribution in [-0.2, 0) is 0 Å². The maximum atomic E-state index is 13.4. The number of hydrogen-bond acceptors (Lipinski definition) is 2. The molecule has 0 amide bonds. The summed E-state index contributed by atoms with van der Waals surface area (Å²) in [6.45, 7) is 4.23. The van der Waals surface area contributed by atoms with Crippen molar-refractivity contribution in [1.29, 1.82) is 0 Å². The van der Waals surface area contributed by atoms with Crippen molar-refractivity contribution in [2.75, 3.05) is 12.4 Å². The van der Waals surface area contributed by atoms with Crippen molar-refractivity contribution in [1.82, 2.24) is 4.98 Å². The summed E-state index contributed by atoms with van der Waals surface area (Å²) in [5, 5.41) is 4.00. The topological polar surface area (TPSA) is 24.9 Å². The van der Waals surface area contributed by atoms with E-state index in [1.54, 1.807) is 6.07 Å². The van der Waals surface area contributed by atoms with Crippen LogP contribution in [0.25, 0.3) is 10.9 Å². The Morgan fingerprint density at radius 2 is 2.00 bits per heavy atom. The largest absolute Gasteiger partial charge is 0.373 e. The molecular weight excluding hydrogens is 283 g/mol. The molecule has 1 heterocycles. The number of hydrogen-bond donors (Lipinski definition) is 1. The highest BCUT2D eigenvalue weighted by molar-refractivity contribution is 9.10. The van der Waals surface area contributed by atoms with Gasteiger partial charge in [0.1, 0.15) is 11.6 Å². The van der Waals surface area contributed by atoms with E-state index in [4.69, 9.17) is 0 Å². The number of nitrogens with one attached hydrogen (secondary N) is 1. The number of fused-ring (bicyclic) bond motifs is 1. The minimum atomic E-state index is -0.288. The second-order valence-corrected chi connectivity index (χ2v) is 5.14.